The third-order valence-corrected chi connectivity index (χ3v) is 3.54. The van der Waals surface area contributed by atoms with Gasteiger partial charge >= 0.3 is 0 Å². The highest BCUT2D eigenvalue weighted by Gasteiger charge is 2.23. The van der Waals surface area contributed by atoms with Crippen molar-refractivity contribution < 1.29 is 9.53 Å². The monoisotopic (exact) mass is 297 g/mol. The van der Waals surface area contributed by atoms with Crippen molar-refractivity contribution in [1.29, 1.82) is 0 Å². The molecule has 1 aliphatic heterocycles. The molecule has 1 heterocycles. The van der Waals surface area contributed by atoms with E-state index in [-0.39, 0.29) is 12.0 Å². The molecule has 1 aromatic carbocycles. The molecule has 1 amide bonds. The molecule has 0 saturated carbocycles. The van der Waals surface area contributed by atoms with Gasteiger partial charge in [-0.15, -0.1) is 0 Å². The summed E-state index contributed by atoms with van der Waals surface area (Å²) in [5.41, 5.74) is 1.87. The standard InChI is InChI=1S/C13H16BrNO2/c1-9-3-4-11(12(14)7-9)13(16)15-5-6-17-10(2)8-15/h3-4,7,10H,5-6,8H2,1-2H3. The normalized spacial score (nSPS) is 20.4. The van der Waals surface area contributed by atoms with Gasteiger partial charge in [0.25, 0.3) is 5.91 Å². The molecule has 0 N–H and O–H groups in total. The van der Waals surface area contributed by atoms with Gasteiger partial charge in [-0.25, -0.2) is 0 Å². The third kappa shape index (κ3) is 2.87. The van der Waals surface area contributed by atoms with Crippen LogP contribution in [0.5, 0.6) is 0 Å². The van der Waals surface area contributed by atoms with E-state index in [0.717, 1.165) is 15.6 Å². The molecule has 0 spiro atoms. The molecular formula is C13H16BrNO2. The lowest BCUT2D eigenvalue weighted by molar-refractivity contribution is -0.0124. The van der Waals surface area contributed by atoms with Crippen LogP contribution in [0.1, 0.15) is 22.8 Å². The zero-order chi connectivity index (χ0) is 12.4. The number of carbonyl (C=O) groups excluding carboxylic acids is 1. The maximum Gasteiger partial charge on any atom is 0.255 e. The molecule has 1 fully saturated rings. The van der Waals surface area contributed by atoms with E-state index in [9.17, 15) is 4.79 Å². The molecule has 0 radical (unpaired) electrons. The smallest absolute Gasteiger partial charge is 0.255 e. The summed E-state index contributed by atoms with van der Waals surface area (Å²) in [5.74, 6) is 0.0759. The van der Waals surface area contributed by atoms with Crippen LogP contribution in [0.2, 0.25) is 0 Å². The van der Waals surface area contributed by atoms with Crippen molar-refractivity contribution in [2.75, 3.05) is 19.7 Å². The lowest BCUT2D eigenvalue weighted by Gasteiger charge is -2.31. The summed E-state index contributed by atoms with van der Waals surface area (Å²) in [6, 6.07) is 5.81. The Morgan fingerprint density at radius 2 is 2.29 bits per heavy atom. The van der Waals surface area contributed by atoms with Crippen LogP contribution in [0.15, 0.2) is 22.7 Å². The van der Waals surface area contributed by atoms with Gasteiger partial charge in [-0.3, -0.25) is 4.79 Å². The number of rotatable bonds is 1. The van der Waals surface area contributed by atoms with E-state index in [0.29, 0.717) is 19.7 Å². The van der Waals surface area contributed by atoms with Crippen molar-refractivity contribution >= 4 is 21.8 Å². The number of ether oxygens (including phenoxy) is 1. The number of hydrogen-bond acceptors (Lipinski definition) is 2. The van der Waals surface area contributed by atoms with E-state index in [4.69, 9.17) is 4.74 Å². The van der Waals surface area contributed by atoms with Crippen LogP contribution in [-0.4, -0.2) is 36.6 Å². The van der Waals surface area contributed by atoms with Gasteiger partial charge in [0, 0.05) is 17.6 Å². The third-order valence-electron chi connectivity index (χ3n) is 2.88. The lowest BCUT2D eigenvalue weighted by atomic mass is 10.1. The molecule has 3 nitrogen and oxygen atoms in total. The number of carbonyl (C=O) groups is 1. The molecule has 92 valence electrons. The van der Waals surface area contributed by atoms with E-state index in [1.165, 1.54) is 0 Å². The summed E-state index contributed by atoms with van der Waals surface area (Å²) in [5, 5.41) is 0. The lowest BCUT2D eigenvalue weighted by Crippen LogP contribution is -2.44. The highest BCUT2D eigenvalue weighted by atomic mass is 79.9. The number of hydrogen-bond donors (Lipinski definition) is 0. The van der Waals surface area contributed by atoms with Crippen LogP contribution in [-0.2, 0) is 4.74 Å². The Kier molecular flexibility index (Phi) is 3.84. The second kappa shape index (κ2) is 5.19. The van der Waals surface area contributed by atoms with Crippen molar-refractivity contribution in [2.24, 2.45) is 0 Å². The highest BCUT2D eigenvalue weighted by molar-refractivity contribution is 9.10. The average molecular weight is 298 g/mol. The Hall–Kier alpha value is -0.870. The van der Waals surface area contributed by atoms with Gasteiger partial charge in [0.05, 0.1) is 18.3 Å². The Morgan fingerprint density at radius 1 is 1.53 bits per heavy atom. The van der Waals surface area contributed by atoms with Crippen molar-refractivity contribution in [3.05, 3.63) is 33.8 Å². The predicted octanol–water partition coefficient (Wildman–Crippen LogP) is 2.62. The first-order valence-electron chi connectivity index (χ1n) is 5.75. The second-order valence-corrected chi connectivity index (χ2v) is 5.27. The molecule has 4 heteroatoms. The van der Waals surface area contributed by atoms with Gasteiger partial charge in [0.15, 0.2) is 0 Å². The van der Waals surface area contributed by atoms with Crippen LogP contribution >= 0.6 is 15.9 Å². The molecule has 1 unspecified atom stereocenters. The first-order chi connectivity index (χ1) is 8.08. The highest BCUT2D eigenvalue weighted by Crippen LogP contribution is 2.21. The molecule has 2 rings (SSSR count). The number of aryl methyl sites for hydroxylation is 1. The molecular weight excluding hydrogens is 282 g/mol. The van der Waals surface area contributed by atoms with Gasteiger partial charge in [-0.05, 0) is 47.5 Å². The van der Waals surface area contributed by atoms with Gasteiger partial charge in [-0.1, -0.05) is 6.07 Å². The predicted molar refractivity (Wildman–Crippen MR) is 70.2 cm³/mol. The SMILES string of the molecule is Cc1ccc(C(=O)N2CCOC(C)C2)c(Br)c1. The van der Waals surface area contributed by atoms with E-state index < -0.39 is 0 Å². The Morgan fingerprint density at radius 3 is 2.94 bits per heavy atom. The van der Waals surface area contributed by atoms with Crippen molar-refractivity contribution in [3.8, 4) is 0 Å². The van der Waals surface area contributed by atoms with E-state index in [1.807, 2.05) is 36.9 Å². The molecule has 17 heavy (non-hydrogen) atoms. The fourth-order valence-electron chi connectivity index (χ4n) is 1.97. The Labute approximate surface area is 110 Å². The summed E-state index contributed by atoms with van der Waals surface area (Å²) < 4.78 is 6.30. The topological polar surface area (TPSA) is 29.5 Å². The summed E-state index contributed by atoms with van der Waals surface area (Å²) in [6.45, 7) is 5.96. The van der Waals surface area contributed by atoms with Crippen molar-refractivity contribution in [2.45, 2.75) is 20.0 Å². The van der Waals surface area contributed by atoms with E-state index >= 15 is 0 Å². The van der Waals surface area contributed by atoms with Crippen LogP contribution in [0.25, 0.3) is 0 Å². The molecule has 1 aliphatic rings. The minimum absolute atomic E-state index is 0.0759. The van der Waals surface area contributed by atoms with Crippen LogP contribution < -0.4 is 0 Å². The first-order valence-corrected chi connectivity index (χ1v) is 6.54. The zero-order valence-corrected chi connectivity index (χ0v) is 11.7. The summed E-state index contributed by atoms with van der Waals surface area (Å²) in [6.07, 6.45) is 0.122. The fourth-order valence-corrected chi connectivity index (χ4v) is 2.63. The van der Waals surface area contributed by atoms with Gasteiger partial charge in [-0.2, -0.15) is 0 Å². The van der Waals surface area contributed by atoms with Crippen LogP contribution in [0.4, 0.5) is 0 Å². The van der Waals surface area contributed by atoms with E-state index in [2.05, 4.69) is 15.9 Å². The molecule has 1 atom stereocenters. The number of benzene rings is 1. The van der Waals surface area contributed by atoms with Crippen LogP contribution in [0.3, 0.4) is 0 Å². The molecule has 0 aromatic heterocycles. The minimum atomic E-state index is 0.0759. The van der Waals surface area contributed by atoms with Gasteiger partial charge in [0.1, 0.15) is 0 Å². The minimum Gasteiger partial charge on any atom is -0.375 e. The van der Waals surface area contributed by atoms with Crippen molar-refractivity contribution in [3.63, 3.8) is 0 Å². The molecule has 0 aliphatic carbocycles. The quantitative estimate of drug-likeness (QED) is 0.797. The fraction of sp³-hybridized carbons (Fsp3) is 0.462. The molecule has 1 saturated heterocycles. The average Bonchev–Trinajstić information content (AvgIpc) is 2.28. The summed E-state index contributed by atoms with van der Waals surface area (Å²) >= 11 is 3.45. The Balaban J connectivity index is 2.18. The van der Waals surface area contributed by atoms with Gasteiger partial charge < -0.3 is 9.64 Å². The van der Waals surface area contributed by atoms with Gasteiger partial charge in [0.2, 0.25) is 0 Å². The van der Waals surface area contributed by atoms with E-state index in [1.54, 1.807) is 0 Å². The maximum absolute atomic E-state index is 12.3. The number of amides is 1. The van der Waals surface area contributed by atoms with Crippen LogP contribution in [0, 0.1) is 6.92 Å². The largest absolute Gasteiger partial charge is 0.375 e. The summed E-state index contributed by atoms with van der Waals surface area (Å²) in [4.78, 5) is 14.2. The van der Waals surface area contributed by atoms with Crippen molar-refractivity contribution in [1.82, 2.24) is 4.90 Å². The number of morpholine rings is 1. The first kappa shape index (κ1) is 12.6. The maximum atomic E-state index is 12.3. The summed E-state index contributed by atoms with van der Waals surface area (Å²) in [7, 11) is 0. The molecule has 0 bridgehead atoms. The Bertz CT molecular complexity index is 433. The second-order valence-electron chi connectivity index (χ2n) is 4.42. The zero-order valence-electron chi connectivity index (χ0n) is 10.1. The number of nitrogens with zero attached hydrogens (tertiary/aromatic N) is 1. The number of halogens is 1. The molecule has 1 aromatic rings.